The Morgan fingerprint density at radius 3 is 2.24 bits per heavy atom. The molecule has 7 nitrogen and oxygen atoms in total. The minimum atomic E-state index is -3.76. The molecule has 9 heteroatoms. The molecule has 0 unspecified atom stereocenters. The third kappa shape index (κ3) is 3.86. The SMILES string of the molecule is CNc1ncc(-c2cnc(Cl)c(NS(=O)(=O)c3ccccc3)c2)cn1. The van der Waals surface area contributed by atoms with E-state index in [-0.39, 0.29) is 15.7 Å². The van der Waals surface area contributed by atoms with Crippen LogP contribution in [0.4, 0.5) is 11.6 Å². The van der Waals surface area contributed by atoms with Gasteiger partial charge in [-0.05, 0) is 18.2 Å². The lowest BCUT2D eigenvalue weighted by molar-refractivity contribution is 0.601. The Morgan fingerprint density at radius 1 is 0.960 bits per heavy atom. The predicted molar refractivity (Wildman–Crippen MR) is 97.1 cm³/mol. The summed E-state index contributed by atoms with van der Waals surface area (Å²) in [6, 6.07) is 9.61. The highest BCUT2D eigenvalue weighted by molar-refractivity contribution is 7.92. The van der Waals surface area contributed by atoms with Gasteiger partial charge in [0.1, 0.15) is 0 Å². The fraction of sp³-hybridized carbons (Fsp3) is 0.0625. The summed E-state index contributed by atoms with van der Waals surface area (Å²) >= 11 is 6.05. The Morgan fingerprint density at radius 2 is 1.60 bits per heavy atom. The number of nitrogens with one attached hydrogen (secondary N) is 2. The van der Waals surface area contributed by atoms with E-state index in [1.165, 1.54) is 18.3 Å². The van der Waals surface area contributed by atoms with Crippen LogP contribution < -0.4 is 10.0 Å². The number of benzene rings is 1. The van der Waals surface area contributed by atoms with Gasteiger partial charge in [-0.1, -0.05) is 29.8 Å². The highest BCUT2D eigenvalue weighted by Crippen LogP contribution is 2.28. The first kappa shape index (κ1) is 17.1. The molecule has 2 aromatic heterocycles. The summed E-state index contributed by atoms with van der Waals surface area (Å²) in [5, 5.41) is 2.88. The van der Waals surface area contributed by atoms with Crippen LogP contribution >= 0.6 is 11.6 Å². The molecule has 128 valence electrons. The average Bonchev–Trinajstić information content (AvgIpc) is 2.64. The number of hydrogen-bond donors (Lipinski definition) is 2. The first-order valence-electron chi connectivity index (χ1n) is 7.23. The van der Waals surface area contributed by atoms with Crippen LogP contribution in [0.5, 0.6) is 0 Å². The highest BCUT2D eigenvalue weighted by atomic mass is 35.5. The van der Waals surface area contributed by atoms with Crippen LogP contribution in [0, 0.1) is 0 Å². The maximum absolute atomic E-state index is 12.5. The van der Waals surface area contributed by atoms with Crippen LogP contribution in [-0.2, 0) is 10.0 Å². The molecule has 0 radical (unpaired) electrons. The van der Waals surface area contributed by atoms with Crippen LogP contribution in [-0.4, -0.2) is 30.4 Å². The second kappa shape index (κ2) is 7.04. The van der Waals surface area contributed by atoms with E-state index in [4.69, 9.17) is 11.6 Å². The number of nitrogens with zero attached hydrogens (tertiary/aromatic N) is 3. The number of rotatable bonds is 5. The third-order valence-corrected chi connectivity index (χ3v) is 5.03. The zero-order valence-corrected chi connectivity index (χ0v) is 14.7. The fourth-order valence-corrected chi connectivity index (χ4v) is 3.37. The van der Waals surface area contributed by atoms with E-state index in [1.54, 1.807) is 43.7 Å². The largest absolute Gasteiger partial charge is 0.357 e. The summed E-state index contributed by atoms with van der Waals surface area (Å²) < 4.78 is 27.4. The van der Waals surface area contributed by atoms with Crippen molar-refractivity contribution in [3.63, 3.8) is 0 Å². The van der Waals surface area contributed by atoms with Crippen molar-refractivity contribution in [2.24, 2.45) is 0 Å². The Kier molecular flexibility index (Phi) is 4.82. The molecule has 0 saturated heterocycles. The van der Waals surface area contributed by atoms with E-state index < -0.39 is 10.0 Å². The molecule has 3 aromatic rings. The average molecular weight is 376 g/mol. The molecule has 0 aliphatic carbocycles. The third-order valence-electron chi connectivity index (χ3n) is 3.35. The molecule has 0 fully saturated rings. The Balaban J connectivity index is 1.94. The minimum absolute atomic E-state index is 0.0519. The van der Waals surface area contributed by atoms with Gasteiger partial charge in [0.05, 0.1) is 10.6 Å². The van der Waals surface area contributed by atoms with E-state index in [2.05, 4.69) is 25.0 Å². The summed E-state index contributed by atoms with van der Waals surface area (Å²) in [5.74, 6) is 0.482. The number of sulfonamides is 1. The first-order valence-corrected chi connectivity index (χ1v) is 9.09. The van der Waals surface area contributed by atoms with Gasteiger partial charge in [-0.2, -0.15) is 0 Å². The molecule has 0 spiro atoms. The summed E-state index contributed by atoms with van der Waals surface area (Å²) in [5.41, 5.74) is 1.50. The van der Waals surface area contributed by atoms with Gasteiger partial charge in [-0.15, -0.1) is 0 Å². The zero-order valence-electron chi connectivity index (χ0n) is 13.1. The molecular formula is C16H14ClN5O2S. The molecule has 25 heavy (non-hydrogen) atoms. The predicted octanol–water partition coefficient (Wildman–Crippen LogP) is 3.03. The molecule has 3 rings (SSSR count). The molecule has 0 atom stereocenters. The van der Waals surface area contributed by atoms with Gasteiger partial charge in [0.2, 0.25) is 5.95 Å². The van der Waals surface area contributed by atoms with E-state index in [9.17, 15) is 8.42 Å². The number of hydrogen-bond acceptors (Lipinski definition) is 6. The smallest absolute Gasteiger partial charge is 0.261 e. The van der Waals surface area contributed by atoms with Crippen molar-refractivity contribution in [2.45, 2.75) is 4.90 Å². The fourth-order valence-electron chi connectivity index (χ4n) is 2.09. The lowest BCUT2D eigenvalue weighted by atomic mass is 10.1. The maximum Gasteiger partial charge on any atom is 0.261 e. The van der Waals surface area contributed by atoms with Gasteiger partial charge in [0.15, 0.2) is 5.15 Å². The summed E-state index contributed by atoms with van der Waals surface area (Å²) in [7, 11) is -2.04. The van der Waals surface area contributed by atoms with E-state index in [0.717, 1.165) is 0 Å². The number of anilines is 2. The van der Waals surface area contributed by atoms with Crippen LogP contribution in [0.15, 0.2) is 59.9 Å². The highest BCUT2D eigenvalue weighted by Gasteiger charge is 2.16. The second-order valence-electron chi connectivity index (χ2n) is 5.03. The van der Waals surface area contributed by atoms with Gasteiger partial charge in [0, 0.05) is 36.8 Å². The van der Waals surface area contributed by atoms with Crippen molar-refractivity contribution >= 4 is 33.3 Å². The van der Waals surface area contributed by atoms with Gasteiger partial charge in [-0.3, -0.25) is 4.72 Å². The number of pyridine rings is 1. The van der Waals surface area contributed by atoms with Crippen LogP contribution in [0.2, 0.25) is 5.15 Å². The molecule has 2 N–H and O–H groups in total. The van der Waals surface area contributed by atoms with Crippen molar-refractivity contribution in [1.29, 1.82) is 0 Å². The molecule has 2 heterocycles. The van der Waals surface area contributed by atoms with E-state index >= 15 is 0 Å². The maximum atomic E-state index is 12.5. The number of aromatic nitrogens is 3. The number of halogens is 1. The monoisotopic (exact) mass is 375 g/mol. The van der Waals surface area contributed by atoms with E-state index in [0.29, 0.717) is 17.1 Å². The first-order chi connectivity index (χ1) is 12.0. The lowest BCUT2D eigenvalue weighted by Crippen LogP contribution is -2.13. The van der Waals surface area contributed by atoms with Gasteiger partial charge in [-0.25, -0.2) is 23.4 Å². The van der Waals surface area contributed by atoms with Crippen molar-refractivity contribution in [3.8, 4) is 11.1 Å². The van der Waals surface area contributed by atoms with Crippen molar-refractivity contribution in [1.82, 2.24) is 15.0 Å². The Labute approximate surface area is 150 Å². The van der Waals surface area contributed by atoms with E-state index in [1.807, 2.05) is 0 Å². The Hall–Kier alpha value is -2.71. The van der Waals surface area contributed by atoms with Gasteiger partial charge < -0.3 is 5.32 Å². The molecule has 0 aliphatic heterocycles. The quantitative estimate of drug-likeness (QED) is 0.665. The molecule has 1 aromatic carbocycles. The topological polar surface area (TPSA) is 96.9 Å². The van der Waals surface area contributed by atoms with Crippen molar-refractivity contribution in [3.05, 3.63) is 60.1 Å². The zero-order chi connectivity index (χ0) is 17.9. The molecule has 0 amide bonds. The normalized spacial score (nSPS) is 11.1. The van der Waals surface area contributed by atoms with Gasteiger partial charge in [0.25, 0.3) is 10.0 Å². The van der Waals surface area contributed by atoms with Crippen molar-refractivity contribution < 1.29 is 8.42 Å². The molecular weight excluding hydrogens is 362 g/mol. The second-order valence-corrected chi connectivity index (χ2v) is 7.07. The van der Waals surface area contributed by atoms with Crippen molar-refractivity contribution in [2.75, 3.05) is 17.1 Å². The minimum Gasteiger partial charge on any atom is -0.357 e. The molecule has 0 bridgehead atoms. The van der Waals surface area contributed by atoms with Crippen LogP contribution in [0.1, 0.15) is 0 Å². The van der Waals surface area contributed by atoms with Gasteiger partial charge >= 0.3 is 0 Å². The molecule has 0 saturated carbocycles. The standard InChI is InChI=1S/C16H14ClN5O2S/c1-18-16-20-9-12(10-21-16)11-7-14(15(17)19-8-11)22-25(23,24)13-5-3-2-4-6-13/h2-10,22H,1H3,(H,18,20,21). The summed E-state index contributed by atoms with van der Waals surface area (Å²) in [4.78, 5) is 12.4. The lowest BCUT2D eigenvalue weighted by Gasteiger charge is -2.11. The molecule has 0 aliphatic rings. The van der Waals surface area contributed by atoms with Crippen LogP contribution in [0.3, 0.4) is 0 Å². The Bertz CT molecular complexity index is 979. The summed E-state index contributed by atoms with van der Waals surface area (Å²) in [6.45, 7) is 0. The van der Waals surface area contributed by atoms with Crippen LogP contribution in [0.25, 0.3) is 11.1 Å². The summed E-state index contributed by atoms with van der Waals surface area (Å²) in [6.07, 6.45) is 4.75.